The molecule has 23 heavy (non-hydrogen) atoms. The fourth-order valence-corrected chi connectivity index (χ4v) is 2.97. The predicted octanol–water partition coefficient (Wildman–Crippen LogP) is 0.914. The number of amides is 2. The van der Waals surface area contributed by atoms with Crippen molar-refractivity contribution in [3.05, 3.63) is 30.2 Å². The zero-order chi connectivity index (χ0) is 16.4. The second kappa shape index (κ2) is 6.36. The minimum Gasteiger partial charge on any atom is -0.340 e. The van der Waals surface area contributed by atoms with Gasteiger partial charge in [-0.15, -0.1) is 10.2 Å². The van der Waals surface area contributed by atoms with Crippen LogP contribution in [-0.2, 0) is 9.59 Å². The fourth-order valence-electron chi connectivity index (χ4n) is 2.97. The lowest BCUT2D eigenvalue weighted by molar-refractivity contribution is -0.139. The first kappa shape index (κ1) is 15.5. The third kappa shape index (κ3) is 3.18. The number of hydrogen-bond acceptors (Lipinski definition) is 4. The molecule has 1 aliphatic rings. The minimum atomic E-state index is -0.102. The molecular weight excluding hydrogens is 294 g/mol. The van der Waals surface area contributed by atoms with Crippen LogP contribution in [0.4, 0.5) is 0 Å². The maximum atomic E-state index is 12.4. The molecule has 7 heteroatoms. The summed E-state index contributed by atoms with van der Waals surface area (Å²) in [7, 11) is 1.65. The van der Waals surface area contributed by atoms with E-state index in [4.69, 9.17) is 0 Å². The van der Waals surface area contributed by atoms with Crippen molar-refractivity contribution in [3.63, 3.8) is 0 Å². The van der Waals surface area contributed by atoms with Crippen molar-refractivity contribution < 1.29 is 9.59 Å². The highest BCUT2D eigenvalue weighted by atomic mass is 16.2. The average molecular weight is 315 g/mol. The van der Waals surface area contributed by atoms with Gasteiger partial charge in [-0.25, -0.2) is 0 Å². The van der Waals surface area contributed by atoms with E-state index < -0.39 is 0 Å². The smallest absolute Gasteiger partial charge is 0.242 e. The molecule has 7 nitrogen and oxygen atoms in total. The number of fused-ring (bicyclic) bond motifs is 1. The topological polar surface area (TPSA) is 70.8 Å². The number of nitrogens with zero attached hydrogens (tertiary/aromatic N) is 5. The summed E-state index contributed by atoms with van der Waals surface area (Å²) in [6.45, 7) is 2.95. The summed E-state index contributed by atoms with van der Waals surface area (Å²) >= 11 is 0. The number of aromatic nitrogens is 3. The highest BCUT2D eigenvalue weighted by molar-refractivity contribution is 5.83. The SMILES string of the molecule is CC(=O)N(C)CC(=O)N1CCCC(c2nnc3ccccn23)C1. The molecule has 0 aliphatic carbocycles. The van der Waals surface area contributed by atoms with Gasteiger partial charge in [0, 0.05) is 39.2 Å². The summed E-state index contributed by atoms with van der Waals surface area (Å²) in [5, 5.41) is 8.50. The Morgan fingerprint density at radius 2 is 2.17 bits per heavy atom. The molecule has 0 saturated carbocycles. The Balaban J connectivity index is 1.73. The molecule has 1 aliphatic heterocycles. The van der Waals surface area contributed by atoms with Gasteiger partial charge in [0.2, 0.25) is 11.8 Å². The van der Waals surface area contributed by atoms with Crippen molar-refractivity contribution in [2.45, 2.75) is 25.7 Å². The number of carbonyl (C=O) groups excluding carboxylic acids is 2. The Bertz CT molecular complexity index is 726. The van der Waals surface area contributed by atoms with Crippen LogP contribution in [0, 0.1) is 0 Å². The number of hydrogen-bond donors (Lipinski definition) is 0. The summed E-state index contributed by atoms with van der Waals surface area (Å²) in [6, 6.07) is 5.81. The molecule has 122 valence electrons. The first-order chi connectivity index (χ1) is 11.1. The monoisotopic (exact) mass is 315 g/mol. The third-order valence-corrected chi connectivity index (χ3v) is 4.39. The number of pyridine rings is 1. The molecule has 0 spiro atoms. The van der Waals surface area contributed by atoms with Gasteiger partial charge in [0.15, 0.2) is 5.65 Å². The number of carbonyl (C=O) groups is 2. The van der Waals surface area contributed by atoms with Gasteiger partial charge in [-0.1, -0.05) is 6.07 Å². The maximum absolute atomic E-state index is 12.4. The average Bonchev–Trinajstić information content (AvgIpc) is 2.99. The lowest BCUT2D eigenvalue weighted by Crippen LogP contribution is -2.45. The summed E-state index contributed by atoms with van der Waals surface area (Å²) in [5.74, 6) is 0.960. The van der Waals surface area contributed by atoms with Crippen LogP contribution in [0.5, 0.6) is 0 Å². The van der Waals surface area contributed by atoms with Crippen LogP contribution >= 0.6 is 0 Å². The zero-order valence-electron chi connectivity index (χ0n) is 13.5. The first-order valence-corrected chi connectivity index (χ1v) is 7.85. The molecule has 1 unspecified atom stereocenters. The van der Waals surface area contributed by atoms with Crippen molar-refractivity contribution in [2.75, 3.05) is 26.7 Å². The van der Waals surface area contributed by atoms with E-state index in [9.17, 15) is 9.59 Å². The van der Waals surface area contributed by atoms with Gasteiger partial charge in [-0.2, -0.15) is 0 Å². The standard InChI is InChI=1S/C16H21N5O2/c1-12(22)19(2)11-15(23)20-8-5-6-13(10-20)16-18-17-14-7-3-4-9-21(14)16/h3-4,7,9,13H,5-6,8,10-11H2,1-2H3. The number of rotatable bonds is 3. The molecule has 0 aromatic carbocycles. The van der Waals surface area contributed by atoms with Crippen molar-refractivity contribution in [3.8, 4) is 0 Å². The molecule has 3 rings (SSSR count). The summed E-state index contributed by atoms with van der Waals surface area (Å²) in [6.07, 6.45) is 3.87. The maximum Gasteiger partial charge on any atom is 0.242 e. The highest BCUT2D eigenvalue weighted by Gasteiger charge is 2.28. The van der Waals surface area contributed by atoms with Gasteiger partial charge in [0.25, 0.3) is 0 Å². The molecule has 0 bridgehead atoms. The van der Waals surface area contributed by atoms with Gasteiger partial charge < -0.3 is 9.80 Å². The van der Waals surface area contributed by atoms with Crippen LogP contribution in [0.3, 0.4) is 0 Å². The van der Waals surface area contributed by atoms with Crippen LogP contribution in [-0.4, -0.2) is 62.9 Å². The molecule has 1 atom stereocenters. The molecular formula is C16H21N5O2. The molecule has 3 heterocycles. The number of piperidine rings is 1. The van der Waals surface area contributed by atoms with Gasteiger partial charge in [0.1, 0.15) is 5.82 Å². The van der Waals surface area contributed by atoms with Gasteiger partial charge in [-0.3, -0.25) is 14.0 Å². The van der Waals surface area contributed by atoms with Crippen molar-refractivity contribution in [1.29, 1.82) is 0 Å². The van der Waals surface area contributed by atoms with Gasteiger partial charge in [-0.05, 0) is 25.0 Å². The normalized spacial score (nSPS) is 18.2. The number of likely N-dealkylation sites (N-methyl/N-ethyl adjacent to an activating group) is 1. The molecule has 1 fully saturated rings. The van der Waals surface area contributed by atoms with E-state index in [1.165, 1.54) is 11.8 Å². The molecule has 0 radical (unpaired) electrons. The third-order valence-electron chi connectivity index (χ3n) is 4.39. The van der Waals surface area contributed by atoms with Crippen LogP contribution in [0.2, 0.25) is 0 Å². The number of likely N-dealkylation sites (tertiary alicyclic amines) is 1. The van der Waals surface area contributed by atoms with E-state index >= 15 is 0 Å². The second-order valence-electron chi connectivity index (χ2n) is 6.04. The quantitative estimate of drug-likeness (QED) is 0.844. The van der Waals surface area contributed by atoms with E-state index in [1.54, 1.807) is 7.05 Å². The lowest BCUT2D eigenvalue weighted by atomic mass is 9.97. The van der Waals surface area contributed by atoms with Crippen molar-refractivity contribution in [1.82, 2.24) is 24.4 Å². The Morgan fingerprint density at radius 1 is 1.35 bits per heavy atom. The Hall–Kier alpha value is -2.44. The van der Waals surface area contributed by atoms with Gasteiger partial charge in [0.05, 0.1) is 6.54 Å². The molecule has 0 N–H and O–H groups in total. The highest BCUT2D eigenvalue weighted by Crippen LogP contribution is 2.26. The molecule has 2 amide bonds. The zero-order valence-corrected chi connectivity index (χ0v) is 13.5. The van der Waals surface area contributed by atoms with Crippen LogP contribution < -0.4 is 0 Å². The van der Waals surface area contributed by atoms with Crippen LogP contribution in [0.1, 0.15) is 31.5 Å². The van der Waals surface area contributed by atoms with Crippen molar-refractivity contribution in [2.24, 2.45) is 0 Å². The van der Waals surface area contributed by atoms with Gasteiger partial charge >= 0.3 is 0 Å². The van der Waals surface area contributed by atoms with E-state index in [0.717, 1.165) is 30.9 Å². The second-order valence-corrected chi connectivity index (χ2v) is 6.04. The molecule has 2 aromatic rings. The van der Waals surface area contributed by atoms with E-state index in [1.807, 2.05) is 33.7 Å². The van der Waals surface area contributed by atoms with E-state index in [0.29, 0.717) is 6.54 Å². The Kier molecular flexibility index (Phi) is 4.27. The van der Waals surface area contributed by atoms with Crippen LogP contribution in [0.15, 0.2) is 24.4 Å². The lowest BCUT2D eigenvalue weighted by Gasteiger charge is -2.33. The molecule has 1 saturated heterocycles. The fraction of sp³-hybridized carbons (Fsp3) is 0.500. The van der Waals surface area contributed by atoms with E-state index in [-0.39, 0.29) is 24.3 Å². The summed E-state index contributed by atoms with van der Waals surface area (Å²) in [4.78, 5) is 26.9. The summed E-state index contributed by atoms with van der Waals surface area (Å²) < 4.78 is 1.99. The minimum absolute atomic E-state index is 0.0128. The first-order valence-electron chi connectivity index (χ1n) is 7.85. The van der Waals surface area contributed by atoms with Crippen molar-refractivity contribution >= 4 is 17.5 Å². The Labute approximate surface area is 134 Å². The van der Waals surface area contributed by atoms with E-state index in [2.05, 4.69) is 10.2 Å². The largest absolute Gasteiger partial charge is 0.340 e. The Morgan fingerprint density at radius 3 is 2.96 bits per heavy atom. The molecule has 2 aromatic heterocycles. The predicted molar refractivity (Wildman–Crippen MR) is 84.9 cm³/mol. The van der Waals surface area contributed by atoms with Crippen LogP contribution in [0.25, 0.3) is 5.65 Å². The summed E-state index contributed by atoms with van der Waals surface area (Å²) in [5.41, 5.74) is 0.822.